The average molecular weight is 313 g/mol. The molecule has 118 valence electrons. The maximum atomic E-state index is 12.1. The van der Waals surface area contributed by atoms with Crippen molar-refractivity contribution in [2.75, 3.05) is 26.7 Å². The van der Waals surface area contributed by atoms with Crippen molar-refractivity contribution >= 4 is 18.3 Å². The SMILES string of the molecule is Cc1ccc(OCCC(=O)N(C)C2CCNC2)cc1C.Cl. The summed E-state index contributed by atoms with van der Waals surface area (Å²) in [5, 5.41) is 3.28. The second-order valence-corrected chi connectivity index (χ2v) is 5.50. The van der Waals surface area contributed by atoms with Crippen LogP contribution in [0.2, 0.25) is 0 Å². The Labute approximate surface area is 133 Å². The molecule has 4 nitrogen and oxygen atoms in total. The van der Waals surface area contributed by atoms with Gasteiger partial charge in [0.05, 0.1) is 13.0 Å². The Kier molecular flexibility index (Phi) is 6.99. The summed E-state index contributed by atoms with van der Waals surface area (Å²) in [5.41, 5.74) is 2.46. The minimum absolute atomic E-state index is 0. The third-order valence-electron chi connectivity index (χ3n) is 4.04. The normalized spacial score (nSPS) is 17.2. The summed E-state index contributed by atoms with van der Waals surface area (Å²) in [6, 6.07) is 6.36. The number of hydrogen-bond donors (Lipinski definition) is 1. The van der Waals surface area contributed by atoms with E-state index in [4.69, 9.17) is 4.74 Å². The van der Waals surface area contributed by atoms with Crippen molar-refractivity contribution in [1.82, 2.24) is 10.2 Å². The van der Waals surface area contributed by atoms with Crippen LogP contribution in [0.4, 0.5) is 0 Å². The highest BCUT2D eigenvalue weighted by molar-refractivity contribution is 5.85. The van der Waals surface area contributed by atoms with Gasteiger partial charge in [0.1, 0.15) is 5.75 Å². The zero-order chi connectivity index (χ0) is 14.5. The van der Waals surface area contributed by atoms with Gasteiger partial charge in [-0.1, -0.05) is 6.07 Å². The number of benzene rings is 1. The van der Waals surface area contributed by atoms with Crippen LogP contribution in [-0.4, -0.2) is 43.6 Å². The van der Waals surface area contributed by atoms with Gasteiger partial charge in [-0.2, -0.15) is 0 Å². The van der Waals surface area contributed by atoms with E-state index in [1.165, 1.54) is 11.1 Å². The van der Waals surface area contributed by atoms with Gasteiger partial charge < -0.3 is 15.0 Å². The lowest BCUT2D eigenvalue weighted by molar-refractivity contribution is -0.132. The first-order chi connectivity index (χ1) is 9.58. The number of amides is 1. The van der Waals surface area contributed by atoms with Gasteiger partial charge in [-0.15, -0.1) is 12.4 Å². The molecule has 1 aliphatic heterocycles. The van der Waals surface area contributed by atoms with E-state index < -0.39 is 0 Å². The largest absolute Gasteiger partial charge is 0.493 e. The quantitative estimate of drug-likeness (QED) is 0.907. The standard InChI is InChI=1S/C16H24N2O2.ClH/c1-12-4-5-15(10-13(12)2)20-9-7-16(19)18(3)14-6-8-17-11-14;/h4-5,10,14,17H,6-9,11H2,1-3H3;1H. The molecule has 0 spiro atoms. The molecule has 21 heavy (non-hydrogen) atoms. The summed E-state index contributed by atoms with van der Waals surface area (Å²) in [4.78, 5) is 13.9. The third-order valence-corrected chi connectivity index (χ3v) is 4.04. The first kappa shape index (κ1) is 17.8. The highest BCUT2D eigenvalue weighted by atomic mass is 35.5. The van der Waals surface area contributed by atoms with Crippen LogP contribution in [0, 0.1) is 13.8 Å². The average Bonchev–Trinajstić information content (AvgIpc) is 2.96. The first-order valence-electron chi connectivity index (χ1n) is 7.24. The number of carbonyl (C=O) groups is 1. The van der Waals surface area contributed by atoms with Gasteiger partial charge in [0.2, 0.25) is 5.91 Å². The van der Waals surface area contributed by atoms with Crippen molar-refractivity contribution in [1.29, 1.82) is 0 Å². The molecule has 5 heteroatoms. The lowest BCUT2D eigenvalue weighted by atomic mass is 10.1. The monoisotopic (exact) mass is 312 g/mol. The molecule has 1 aromatic rings. The number of likely N-dealkylation sites (N-methyl/N-ethyl adjacent to an activating group) is 1. The van der Waals surface area contributed by atoms with Crippen molar-refractivity contribution < 1.29 is 9.53 Å². The summed E-state index contributed by atoms with van der Waals surface area (Å²) in [7, 11) is 1.88. The molecule has 1 fully saturated rings. The highest BCUT2D eigenvalue weighted by Crippen LogP contribution is 2.16. The summed E-state index contributed by atoms with van der Waals surface area (Å²) in [5.74, 6) is 0.994. The van der Waals surface area contributed by atoms with Crippen molar-refractivity contribution in [3.8, 4) is 5.75 Å². The number of nitrogens with zero attached hydrogens (tertiary/aromatic N) is 1. The van der Waals surface area contributed by atoms with Gasteiger partial charge in [-0.25, -0.2) is 0 Å². The van der Waals surface area contributed by atoms with Crippen LogP contribution < -0.4 is 10.1 Å². The number of carbonyl (C=O) groups excluding carboxylic acids is 1. The van der Waals surface area contributed by atoms with E-state index in [9.17, 15) is 4.79 Å². The van der Waals surface area contributed by atoms with Crippen molar-refractivity contribution in [3.63, 3.8) is 0 Å². The van der Waals surface area contributed by atoms with E-state index in [-0.39, 0.29) is 18.3 Å². The number of aryl methyl sites for hydroxylation is 2. The fourth-order valence-electron chi connectivity index (χ4n) is 2.41. The lowest BCUT2D eigenvalue weighted by Gasteiger charge is -2.23. The second-order valence-electron chi connectivity index (χ2n) is 5.50. The molecule has 0 saturated carbocycles. The van der Waals surface area contributed by atoms with Gasteiger partial charge in [0, 0.05) is 19.6 Å². The summed E-state index contributed by atoms with van der Waals surface area (Å²) < 4.78 is 5.66. The number of halogens is 1. The van der Waals surface area contributed by atoms with Gasteiger partial charge >= 0.3 is 0 Å². The van der Waals surface area contributed by atoms with Crippen LogP contribution in [0.1, 0.15) is 24.0 Å². The fourth-order valence-corrected chi connectivity index (χ4v) is 2.41. The van der Waals surface area contributed by atoms with E-state index in [0.29, 0.717) is 19.1 Å². The predicted octanol–water partition coefficient (Wildman–Crippen LogP) is 2.31. The van der Waals surface area contributed by atoms with Crippen LogP contribution in [0.25, 0.3) is 0 Å². The summed E-state index contributed by atoms with van der Waals surface area (Å²) >= 11 is 0. The molecule has 1 aliphatic rings. The Morgan fingerprint density at radius 1 is 1.38 bits per heavy atom. The molecular weight excluding hydrogens is 288 g/mol. The molecule has 2 rings (SSSR count). The van der Waals surface area contributed by atoms with Crippen LogP contribution in [0.3, 0.4) is 0 Å². The Morgan fingerprint density at radius 2 is 2.14 bits per heavy atom. The van der Waals surface area contributed by atoms with Crippen molar-refractivity contribution in [2.24, 2.45) is 0 Å². The van der Waals surface area contributed by atoms with E-state index in [0.717, 1.165) is 25.3 Å². The molecule has 1 unspecified atom stereocenters. The molecule has 0 radical (unpaired) electrons. The maximum absolute atomic E-state index is 12.1. The topological polar surface area (TPSA) is 41.6 Å². The number of hydrogen-bond acceptors (Lipinski definition) is 3. The van der Waals surface area contributed by atoms with Gasteiger partial charge in [-0.3, -0.25) is 4.79 Å². The maximum Gasteiger partial charge on any atom is 0.226 e. The first-order valence-corrected chi connectivity index (χ1v) is 7.24. The molecule has 0 bridgehead atoms. The van der Waals surface area contributed by atoms with Gasteiger partial charge in [0.15, 0.2) is 0 Å². The Hall–Kier alpha value is -1.26. The minimum atomic E-state index is 0. The van der Waals surface area contributed by atoms with Crippen LogP contribution in [0.5, 0.6) is 5.75 Å². The van der Waals surface area contributed by atoms with E-state index in [2.05, 4.69) is 19.2 Å². The summed E-state index contributed by atoms with van der Waals surface area (Å²) in [6.45, 7) is 6.48. The Morgan fingerprint density at radius 3 is 2.76 bits per heavy atom. The zero-order valence-electron chi connectivity index (χ0n) is 13.0. The van der Waals surface area contributed by atoms with Crippen LogP contribution in [-0.2, 0) is 4.79 Å². The Balaban J connectivity index is 0.00000220. The molecule has 1 aromatic carbocycles. The minimum Gasteiger partial charge on any atom is -0.493 e. The summed E-state index contributed by atoms with van der Waals surface area (Å²) in [6.07, 6.45) is 1.47. The predicted molar refractivity (Wildman–Crippen MR) is 87.3 cm³/mol. The van der Waals surface area contributed by atoms with Crippen molar-refractivity contribution in [2.45, 2.75) is 32.7 Å². The van der Waals surface area contributed by atoms with E-state index in [1.807, 2.05) is 30.1 Å². The smallest absolute Gasteiger partial charge is 0.226 e. The number of rotatable bonds is 5. The zero-order valence-corrected chi connectivity index (χ0v) is 13.8. The fraction of sp³-hybridized carbons (Fsp3) is 0.562. The van der Waals surface area contributed by atoms with Crippen molar-refractivity contribution in [3.05, 3.63) is 29.3 Å². The second kappa shape index (κ2) is 8.25. The lowest BCUT2D eigenvalue weighted by Crippen LogP contribution is -2.38. The molecule has 1 heterocycles. The number of nitrogens with one attached hydrogen (secondary N) is 1. The molecule has 1 saturated heterocycles. The molecule has 1 atom stereocenters. The van der Waals surface area contributed by atoms with Gasteiger partial charge in [0.25, 0.3) is 0 Å². The Bertz CT molecular complexity index is 473. The van der Waals surface area contributed by atoms with Crippen LogP contribution in [0.15, 0.2) is 18.2 Å². The van der Waals surface area contributed by atoms with E-state index in [1.54, 1.807) is 0 Å². The molecular formula is C16H25ClN2O2. The number of ether oxygens (including phenoxy) is 1. The molecule has 0 aromatic heterocycles. The molecule has 0 aliphatic carbocycles. The van der Waals surface area contributed by atoms with Crippen LogP contribution >= 0.6 is 12.4 Å². The molecule has 1 amide bonds. The third kappa shape index (κ3) is 4.90. The highest BCUT2D eigenvalue weighted by Gasteiger charge is 2.22. The van der Waals surface area contributed by atoms with Gasteiger partial charge in [-0.05, 0) is 50.1 Å². The molecule has 1 N–H and O–H groups in total. The van der Waals surface area contributed by atoms with E-state index >= 15 is 0 Å².